The highest BCUT2D eigenvalue weighted by atomic mass is 32.2. The number of halogens is 1. The van der Waals surface area contributed by atoms with Crippen molar-refractivity contribution < 1.29 is 9.18 Å². The molecule has 0 aliphatic heterocycles. The second-order valence-corrected chi connectivity index (χ2v) is 4.20. The van der Waals surface area contributed by atoms with E-state index in [9.17, 15) is 9.18 Å². The summed E-state index contributed by atoms with van der Waals surface area (Å²) in [6.07, 6.45) is 4.01. The standard InChI is InChI=1S/C12H8FNOS/c13-10-1-2-12(9(7-10)8-15)16-11-3-5-14-6-4-11/h1-8H. The van der Waals surface area contributed by atoms with Crippen molar-refractivity contribution in [2.45, 2.75) is 9.79 Å². The molecular formula is C12H8FNOS. The minimum Gasteiger partial charge on any atom is -0.298 e. The molecule has 0 aliphatic rings. The summed E-state index contributed by atoms with van der Waals surface area (Å²) in [6.45, 7) is 0. The number of aromatic nitrogens is 1. The molecule has 16 heavy (non-hydrogen) atoms. The average molecular weight is 233 g/mol. The molecule has 0 atom stereocenters. The fraction of sp³-hybridized carbons (Fsp3) is 0. The van der Waals surface area contributed by atoms with Crippen molar-refractivity contribution in [3.8, 4) is 0 Å². The number of carbonyl (C=O) groups is 1. The Hall–Kier alpha value is -1.68. The molecule has 0 bridgehead atoms. The summed E-state index contributed by atoms with van der Waals surface area (Å²) in [6, 6.07) is 7.85. The molecule has 0 fully saturated rings. The van der Waals surface area contributed by atoms with E-state index in [1.54, 1.807) is 18.5 Å². The van der Waals surface area contributed by atoms with Crippen LogP contribution >= 0.6 is 11.8 Å². The molecule has 2 nitrogen and oxygen atoms in total. The van der Waals surface area contributed by atoms with Crippen molar-refractivity contribution in [2.75, 3.05) is 0 Å². The molecule has 0 aliphatic carbocycles. The van der Waals surface area contributed by atoms with Crippen molar-refractivity contribution >= 4 is 18.0 Å². The van der Waals surface area contributed by atoms with Crippen molar-refractivity contribution in [3.63, 3.8) is 0 Å². The van der Waals surface area contributed by atoms with E-state index in [-0.39, 0.29) is 0 Å². The molecule has 1 aromatic heterocycles. The predicted octanol–water partition coefficient (Wildman–Crippen LogP) is 3.18. The van der Waals surface area contributed by atoms with Crippen molar-refractivity contribution in [3.05, 3.63) is 54.1 Å². The maximum atomic E-state index is 12.9. The van der Waals surface area contributed by atoms with Gasteiger partial charge in [-0.05, 0) is 30.3 Å². The summed E-state index contributed by atoms with van der Waals surface area (Å²) in [5.74, 6) is -0.402. The van der Waals surface area contributed by atoms with Crippen LogP contribution in [0.2, 0.25) is 0 Å². The van der Waals surface area contributed by atoms with Crippen molar-refractivity contribution in [1.82, 2.24) is 4.98 Å². The Morgan fingerprint density at radius 3 is 2.62 bits per heavy atom. The fourth-order valence-corrected chi connectivity index (χ4v) is 2.11. The van der Waals surface area contributed by atoms with E-state index >= 15 is 0 Å². The molecule has 80 valence electrons. The van der Waals surface area contributed by atoms with Crippen LogP contribution in [0.15, 0.2) is 52.5 Å². The first kappa shape index (κ1) is 10.8. The van der Waals surface area contributed by atoms with Crippen LogP contribution in [-0.2, 0) is 0 Å². The zero-order valence-electron chi connectivity index (χ0n) is 8.26. The second-order valence-electron chi connectivity index (χ2n) is 3.08. The molecule has 0 saturated heterocycles. The highest BCUT2D eigenvalue weighted by Crippen LogP contribution is 2.29. The molecule has 2 rings (SSSR count). The van der Waals surface area contributed by atoms with E-state index in [2.05, 4.69) is 4.98 Å². The van der Waals surface area contributed by atoms with Crippen LogP contribution in [0.4, 0.5) is 4.39 Å². The third-order valence-electron chi connectivity index (χ3n) is 1.98. The molecule has 2 aromatic rings. The lowest BCUT2D eigenvalue weighted by Gasteiger charge is -2.03. The van der Waals surface area contributed by atoms with Gasteiger partial charge in [-0.3, -0.25) is 9.78 Å². The van der Waals surface area contributed by atoms with Gasteiger partial charge < -0.3 is 0 Å². The van der Waals surface area contributed by atoms with Crippen LogP contribution in [0, 0.1) is 5.82 Å². The lowest BCUT2D eigenvalue weighted by Crippen LogP contribution is -1.87. The van der Waals surface area contributed by atoms with Gasteiger partial charge in [-0.15, -0.1) is 0 Å². The molecule has 0 N–H and O–H groups in total. The highest BCUT2D eigenvalue weighted by Gasteiger charge is 2.05. The van der Waals surface area contributed by atoms with Gasteiger partial charge in [0.2, 0.25) is 0 Å². The molecule has 0 radical (unpaired) electrons. The molecule has 1 heterocycles. The summed E-state index contributed by atoms with van der Waals surface area (Å²) < 4.78 is 12.9. The highest BCUT2D eigenvalue weighted by molar-refractivity contribution is 7.99. The van der Waals surface area contributed by atoms with Gasteiger partial charge in [0.15, 0.2) is 6.29 Å². The topological polar surface area (TPSA) is 30.0 Å². The van der Waals surface area contributed by atoms with Gasteiger partial charge >= 0.3 is 0 Å². The number of benzene rings is 1. The monoisotopic (exact) mass is 233 g/mol. The second kappa shape index (κ2) is 4.90. The quantitative estimate of drug-likeness (QED) is 0.763. The van der Waals surface area contributed by atoms with Gasteiger partial charge in [0, 0.05) is 27.7 Å². The average Bonchev–Trinajstić information content (AvgIpc) is 2.33. The summed E-state index contributed by atoms with van der Waals surface area (Å²) in [5.41, 5.74) is 0.363. The SMILES string of the molecule is O=Cc1cc(F)ccc1Sc1ccncc1. The minimum absolute atomic E-state index is 0.363. The number of pyridine rings is 1. The number of carbonyl (C=O) groups excluding carboxylic acids is 1. The Kier molecular flexibility index (Phi) is 3.31. The van der Waals surface area contributed by atoms with Gasteiger partial charge in [0.1, 0.15) is 5.82 Å². The number of hydrogen-bond acceptors (Lipinski definition) is 3. The third-order valence-corrected chi connectivity index (χ3v) is 3.08. The number of hydrogen-bond donors (Lipinski definition) is 0. The van der Waals surface area contributed by atoms with Gasteiger partial charge in [-0.1, -0.05) is 11.8 Å². The third kappa shape index (κ3) is 2.46. The van der Waals surface area contributed by atoms with Crippen molar-refractivity contribution in [2.24, 2.45) is 0 Å². The first-order valence-corrected chi connectivity index (χ1v) is 5.44. The summed E-state index contributed by atoms with van der Waals surface area (Å²) in [7, 11) is 0. The zero-order valence-corrected chi connectivity index (χ0v) is 9.08. The number of rotatable bonds is 3. The molecule has 0 unspecified atom stereocenters. The van der Waals surface area contributed by atoms with E-state index < -0.39 is 5.82 Å². The van der Waals surface area contributed by atoms with Crippen molar-refractivity contribution in [1.29, 1.82) is 0 Å². The molecule has 4 heteroatoms. The summed E-state index contributed by atoms with van der Waals surface area (Å²) in [5, 5.41) is 0. The zero-order chi connectivity index (χ0) is 11.4. The molecule has 1 aromatic carbocycles. The first-order chi connectivity index (χ1) is 7.79. The van der Waals surface area contributed by atoms with E-state index in [0.717, 1.165) is 9.79 Å². The largest absolute Gasteiger partial charge is 0.298 e. The number of nitrogens with zero attached hydrogens (tertiary/aromatic N) is 1. The Labute approximate surface area is 96.5 Å². The molecule has 0 amide bonds. The van der Waals surface area contributed by atoms with Crippen LogP contribution in [0.5, 0.6) is 0 Å². The Morgan fingerprint density at radius 1 is 1.19 bits per heavy atom. The normalized spacial score (nSPS) is 10.1. The summed E-state index contributed by atoms with van der Waals surface area (Å²) >= 11 is 1.41. The van der Waals surface area contributed by atoms with E-state index in [1.807, 2.05) is 12.1 Å². The first-order valence-electron chi connectivity index (χ1n) is 4.62. The lowest BCUT2D eigenvalue weighted by molar-refractivity contribution is 0.112. The van der Waals surface area contributed by atoms with Crippen LogP contribution in [0.3, 0.4) is 0 Å². The maximum Gasteiger partial charge on any atom is 0.151 e. The smallest absolute Gasteiger partial charge is 0.151 e. The Balaban J connectivity index is 2.31. The van der Waals surface area contributed by atoms with Gasteiger partial charge in [-0.25, -0.2) is 4.39 Å². The van der Waals surface area contributed by atoms with E-state index in [1.165, 1.54) is 23.9 Å². The number of aldehydes is 1. The minimum atomic E-state index is -0.402. The fourth-order valence-electron chi connectivity index (χ4n) is 1.24. The van der Waals surface area contributed by atoms with Crippen LogP contribution in [0.1, 0.15) is 10.4 Å². The van der Waals surface area contributed by atoms with Crippen LogP contribution in [0.25, 0.3) is 0 Å². The molecule has 0 saturated carbocycles. The molecule has 0 spiro atoms. The van der Waals surface area contributed by atoms with E-state index in [4.69, 9.17) is 0 Å². The summed E-state index contributed by atoms with van der Waals surface area (Å²) in [4.78, 5) is 16.4. The Bertz CT molecular complexity index is 502. The van der Waals surface area contributed by atoms with Crippen LogP contribution in [-0.4, -0.2) is 11.3 Å². The Morgan fingerprint density at radius 2 is 1.94 bits per heavy atom. The van der Waals surface area contributed by atoms with Gasteiger partial charge in [0.05, 0.1) is 0 Å². The maximum absolute atomic E-state index is 12.9. The molecular weight excluding hydrogens is 225 g/mol. The predicted molar refractivity (Wildman–Crippen MR) is 60.1 cm³/mol. The van der Waals surface area contributed by atoms with Gasteiger partial charge in [0.25, 0.3) is 0 Å². The van der Waals surface area contributed by atoms with E-state index in [0.29, 0.717) is 11.8 Å². The van der Waals surface area contributed by atoms with Gasteiger partial charge in [-0.2, -0.15) is 0 Å². The van der Waals surface area contributed by atoms with Crippen LogP contribution < -0.4 is 0 Å². The lowest BCUT2D eigenvalue weighted by atomic mass is 10.2.